The highest BCUT2D eigenvalue weighted by Crippen LogP contribution is 2.46. The van der Waals surface area contributed by atoms with Gasteiger partial charge < -0.3 is 5.32 Å². The van der Waals surface area contributed by atoms with Crippen molar-refractivity contribution in [3.05, 3.63) is 12.2 Å². The van der Waals surface area contributed by atoms with Crippen LogP contribution in [0.4, 0.5) is 0 Å². The minimum Gasteiger partial charge on any atom is -0.316 e. The first-order valence-corrected chi connectivity index (χ1v) is 8.15. The number of likely N-dealkylation sites (N-methyl/N-ethyl adjacent to an activating group) is 1. The van der Waals surface area contributed by atoms with Crippen molar-refractivity contribution in [1.82, 2.24) is 20.1 Å². The first-order valence-electron chi connectivity index (χ1n) is 8.15. The zero-order valence-electron chi connectivity index (χ0n) is 13.5. The summed E-state index contributed by atoms with van der Waals surface area (Å²) < 4.78 is 2.03. The minimum atomic E-state index is 0.452. The molecule has 0 spiro atoms. The number of nitrogens with zero attached hydrogens (tertiary/aromatic N) is 3. The summed E-state index contributed by atoms with van der Waals surface area (Å²) in [6, 6.07) is 0.516. The monoisotopic (exact) mass is 278 g/mol. The van der Waals surface area contributed by atoms with Crippen molar-refractivity contribution in [2.45, 2.75) is 71.9 Å². The molecule has 0 bridgehead atoms. The predicted molar refractivity (Wildman–Crippen MR) is 82.6 cm³/mol. The summed E-state index contributed by atoms with van der Waals surface area (Å²) in [5.74, 6) is 1.88. The number of hydrogen-bond donors (Lipinski definition) is 1. The van der Waals surface area contributed by atoms with Gasteiger partial charge in [0.15, 0.2) is 0 Å². The van der Waals surface area contributed by atoms with Gasteiger partial charge in [0.05, 0.1) is 0 Å². The Kier molecular flexibility index (Phi) is 5.19. The van der Waals surface area contributed by atoms with Gasteiger partial charge in [-0.25, -0.2) is 4.98 Å². The molecule has 0 aromatic carbocycles. The van der Waals surface area contributed by atoms with E-state index in [4.69, 9.17) is 0 Å². The second-order valence-electron chi connectivity index (χ2n) is 6.70. The molecule has 114 valence electrons. The van der Waals surface area contributed by atoms with Crippen LogP contribution in [0, 0.1) is 11.3 Å². The molecule has 1 atom stereocenters. The van der Waals surface area contributed by atoms with Crippen molar-refractivity contribution >= 4 is 0 Å². The predicted octanol–water partition coefficient (Wildman–Crippen LogP) is 3.04. The van der Waals surface area contributed by atoms with E-state index >= 15 is 0 Å². The van der Waals surface area contributed by atoms with Gasteiger partial charge in [0.25, 0.3) is 0 Å². The molecule has 0 amide bonds. The Hall–Kier alpha value is -0.900. The first kappa shape index (κ1) is 15.5. The maximum Gasteiger partial charge on any atom is 0.138 e. The largest absolute Gasteiger partial charge is 0.316 e. The summed E-state index contributed by atoms with van der Waals surface area (Å²) in [5, 5.41) is 7.91. The van der Waals surface area contributed by atoms with Crippen LogP contribution in [0.1, 0.15) is 58.7 Å². The zero-order valence-corrected chi connectivity index (χ0v) is 13.5. The van der Waals surface area contributed by atoms with Crippen molar-refractivity contribution in [2.24, 2.45) is 11.3 Å². The average molecular weight is 278 g/mol. The van der Waals surface area contributed by atoms with Crippen LogP contribution in [0.25, 0.3) is 0 Å². The van der Waals surface area contributed by atoms with E-state index in [2.05, 4.69) is 43.2 Å². The average Bonchev–Trinajstić information content (AvgIpc) is 3.04. The molecule has 1 saturated carbocycles. The molecule has 1 heterocycles. The van der Waals surface area contributed by atoms with E-state index in [1.807, 2.05) is 4.68 Å². The Labute approximate surface area is 123 Å². The summed E-state index contributed by atoms with van der Waals surface area (Å²) in [6.07, 6.45) is 9.48. The summed E-state index contributed by atoms with van der Waals surface area (Å²) in [6.45, 7) is 7.73. The summed E-state index contributed by atoms with van der Waals surface area (Å²) in [7, 11) is 2.11. The zero-order chi connectivity index (χ0) is 14.6. The van der Waals surface area contributed by atoms with Crippen molar-refractivity contribution in [3.63, 3.8) is 0 Å². The Morgan fingerprint density at radius 3 is 2.60 bits per heavy atom. The van der Waals surface area contributed by atoms with Crippen LogP contribution in [0.5, 0.6) is 0 Å². The lowest BCUT2D eigenvalue weighted by molar-refractivity contribution is 0.157. The van der Waals surface area contributed by atoms with E-state index in [0.717, 1.165) is 24.7 Å². The van der Waals surface area contributed by atoms with E-state index in [1.54, 1.807) is 6.33 Å². The van der Waals surface area contributed by atoms with Gasteiger partial charge in [-0.2, -0.15) is 5.10 Å². The van der Waals surface area contributed by atoms with Gasteiger partial charge in [0.2, 0.25) is 0 Å². The molecule has 20 heavy (non-hydrogen) atoms. The van der Waals surface area contributed by atoms with E-state index in [9.17, 15) is 0 Å². The molecule has 1 aromatic rings. The summed E-state index contributed by atoms with van der Waals surface area (Å²) in [4.78, 5) is 4.47. The fourth-order valence-electron chi connectivity index (χ4n) is 4.10. The lowest BCUT2D eigenvalue weighted by atomic mass is 9.71. The van der Waals surface area contributed by atoms with Crippen LogP contribution in [0.15, 0.2) is 6.33 Å². The van der Waals surface area contributed by atoms with Gasteiger partial charge in [0.1, 0.15) is 12.2 Å². The van der Waals surface area contributed by atoms with Crippen LogP contribution in [-0.2, 0) is 13.0 Å². The van der Waals surface area contributed by atoms with Crippen LogP contribution in [0.3, 0.4) is 0 Å². The Balaban J connectivity index is 2.16. The van der Waals surface area contributed by atoms with Crippen molar-refractivity contribution < 1.29 is 0 Å². The molecule has 0 aliphatic heterocycles. The fourth-order valence-corrected chi connectivity index (χ4v) is 4.10. The quantitative estimate of drug-likeness (QED) is 0.833. The topological polar surface area (TPSA) is 42.7 Å². The van der Waals surface area contributed by atoms with Gasteiger partial charge in [-0.15, -0.1) is 0 Å². The maximum absolute atomic E-state index is 4.47. The molecular formula is C16H30N4. The third-order valence-electron chi connectivity index (χ3n) is 4.88. The molecule has 1 aromatic heterocycles. The van der Waals surface area contributed by atoms with E-state index in [-0.39, 0.29) is 0 Å². The molecule has 4 heteroatoms. The highest BCUT2D eigenvalue weighted by atomic mass is 15.3. The molecule has 0 radical (unpaired) electrons. The van der Waals surface area contributed by atoms with Crippen LogP contribution >= 0.6 is 0 Å². The van der Waals surface area contributed by atoms with Crippen molar-refractivity contribution in [3.8, 4) is 0 Å². The maximum atomic E-state index is 4.47. The van der Waals surface area contributed by atoms with Gasteiger partial charge in [-0.3, -0.25) is 4.68 Å². The van der Waals surface area contributed by atoms with Crippen LogP contribution < -0.4 is 5.32 Å². The van der Waals surface area contributed by atoms with Crippen LogP contribution in [0.2, 0.25) is 0 Å². The van der Waals surface area contributed by atoms with Crippen molar-refractivity contribution in [2.75, 3.05) is 7.05 Å². The fraction of sp³-hybridized carbons (Fsp3) is 0.875. The Bertz CT molecular complexity index is 404. The van der Waals surface area contributed by atoms with E-state index in [0.29, 0.717) is 11.5 Å². The normalized spacial score (nSPS) is 19.6. The van der Waals surface area contributed by atoms with Gasteiger partial charge in [-0.1, -0.05) is 26.7 Å². The Morgan fingerprint density at radius 1 is 1.35 bits per heavy atom. The minimum absolute atomic E-state index is 0.452. The smallest absolute Gasteiger partial charge is 0.138 e. The molecule has 1 aliphatic carbocycles. The molecular weight excluding hydrogens is 248 g/mol. The second kappa shape index (κ2) is 6.70. The van der Waals surface area contributed by atoms with Crippen LogP contribution in [-0.4, -0.2) is 27.9 Å². The number of aromatic nitrogens is 3. The van der Waals surface area contributed by atoms with Gasteiger partial charge >= 0.3 is 0 Å². The molecule has 1 aliphatic rings. The van der Waals surface area contributed by atoms with Crippen molar-refractivity contribution in [1.29, 1.82) is 0 Å². The number of aryl methyl sites for hydroxylation is 1. The van der Waals surface area contributed by atoms with E-state index < -0.39 is 0 Å². The molecule has 2 rings (SSSR count). The molecule has 0 saturated heterocycles. The summed E-state index contributed by atoms with van der Waals surface area (Å²) >= 11 is 0. The second-order valence-corrected chi connectivity index (χ2v) is 6.70. The lowest BCUT2D eigenvalue weighted by Crippen LogP contribution is -2.45. The standard InChI is InChI=1S/C16H30N4/c1-5-20-15(18-12-19-20)10-14(17-4)16(11-13(2)3)8-6-7-9-16/h12-14,17H,5-11H2,1-4H3. The SMILES string of the molecule is CCn1ncnc1CC(NC)C1(CC(C)C)CCCC1. The molecule has 1 N–H and O–H groups in total. The van der Waals surface area contributed by atoms with Gasteiger partial charge in [-0.05, 0) is 44.6 Å². The molecule has 1 fully saturated rings. The first-order chi connectivity index (χ1) is 9.61. The lowest BCUT2D eigenvalue weighted by Gasteiger charge is -2.39. The third kappa shape index (κ3) is 3.22. The highest BCUT2D eigenvalue weighted by Gasteiger charge is 2.41. The number of nitrogens with one attached hydrogen (secondary N) is 1. The highest BCUT2D eigenvalue weighted by molar-refractivity contribution is 5.00. The Morgan fingerprint density at radius 2 is 2.05 bits per heavy atom. The van der Waals surface area contributed by atoms with Gasteiger partial charge in [0, 0.05) is 19.0 Å². The number of rotatable bonds is 7. The number of hydrogen-bond acceptors (Lipinski definition) is 3. The summed E-state index contributed by atoms with van der Waals surface area (Å²) in [5.41, 5.74) is 0.452. The molecule has 1 unspecified atom stereocenters. The van der Waals surface area contributed by atoms with E-state index in [1.165, 1.54) is 32.1 Å². The third-order valence-corrected chi connectivity index (χ3v) is 4.88. The molecule has 4 nitrogen and oxygen atoms in total.